The van der Waals surface area contributed by atoms with Crippen LogP contribution in [0.3, 0.4) is 0 Å². The molecule has 2 fully saturated rings. The number of carbonyl (C=O) groups excluding carboxylic acids is 3. The van der Waals surface area contributed by atoms with Gasteiger partial charge in [0.25, 0.3) is 5.91 Å². The van der Waals surface area contributed by atoms with Gasteiger partial charge in [0.2, 0.25) is 5.91 Å². The van der Waals surface area contributed by atoms with Crippen molar-refractivity contribution in [1.29, 1.82) is 0 Å². The summed E-state index contributed by atoms with van der Waals surface area (Å²) in [4.78, 5) is 40.5. The number of nitrogens with one attached hydrogen (secondary N) is 1. The van der Waals surface area contributed by atoms with Crippen molar-refractivity contribution in [3.63, 3.8) is 0 Å². The molecule has 2 aromatic carbocycles. The Bertz CT molecular complexity index is 1190. The second-order valence-electron chi connectivity index (χ2n) is 8.48. The van der Waals surface area contributed by atoms with Gasteiger partial charge in [-0.1, -0.05) is 12.1 Å². The highest BCUT2D eigenvalue weighted by atomic mass is 16.5. The van der Waals surface area contributed by atoms with E-state index in [1.54, 1.807) is 53.5 Å². The molecule has 2 aliphatic rings. The first-order chi connectivity index (χ1) is 16.5. The Hall–Kier alpha value is -3.98. The summed E-state index contributed by atoms with van der Waals surface area (Å²) in [6.07, 6.45) is 4.01. The van der Waals surface area contributed by atoms with Crippen molar-refractivity contribution < 1.29 is 24.2 Å². The first kappa shape index (κ1) is 21.8. The fourth-order valence-corrected chi connectivity index (χ4v) is 4.54. The van der Waals surface area contributed by atoms with Crippen molar-refractivity contribution in [3.05, 3.63) is 78.1 Å². The van der Waals surface area contributed by atoms with Gasteiger partial charge < -0.3 is 20.1 Å². The summed E-state index contributed by atoms with van der Waals surface area (Å²) in [5, 5.41) is 16.6. The van der Waals surface area contributed by atoms with E-state index < -0.39 is 18.0 Å². The van der Waals surface area contributed by atoms with Gasteiger partial charge in [-0.3, -0.25) is 14.4 Å². The zero-order valence-electron chi connectivity index (χ0n) is 18.3. The SMILES string of the molecule is O=C(NC(Cc1ccc(O)cc1)C(=O)N1CCC2OCC(=O)C21)c1ccc(-n2cccn2)cc1. The van der Waals surface area contributed by atoms with Crippen molar-refractivity contribution in [2.24, 2.45) is 0 Å². The normalized spacial score (nSPS) is 20.2. The zero-order chi connectivity index (χ0) is 23.7. The van der Waals surface area contributed by atoms with Gasteiger partial charge in [-0.25, -0.2) is 4.68 Å². The van der Waals surface area contributed by atoms with E-state index in [4.69, 9.17) is 4.74 Å². The largest absolute Gasteiger partial charge is 0.508 e. The molecule has 2 aliphatic heterocycles. The average Bonchev–Trinajstić information content (AvgIpc) is 3.60. The molecule has 0 aliphatic carbocycles. The highest BCUT2D eigenvalue weighted by Crippen LogP contribution is 2.28. The summed E-state index contributed by atoms with van der Waals surface area (Å²) in [6.45, 7) is 0.414. The Labute approximate surface area is 195 Å². The molecular formula is C25H24N4O5. The molecule has 0 saturated carbocycles. The van der Waals surface area contributed by atoms with Gasteiger partial charge in [0.15, 0.2) is 5.78 Å². The van der Waals surface area contributed by atoms with Crippen LogP contribution in [0.2, 0.25) is 0 Å². The maximum Gasteiger partial charge on any atom is 0.251 e. The molecular weight excluding hydrogens is 436 g/mol. The van der Waals surface area contributed by atoms with Crippen LogP contribution >= 0.6 is 0 Å². The minimum Gasteiger partial charge on any atom is -0.508 e. The molecule has 1 aromatic heterocycles. The van der Waals surface area contributed by atoms with E-state index >= 15 is 0 Å². The Morgan fingerprint density at radius 3 is 2.62 bits per heavy atom. The van der Waals surface area contributed by atoms with Crippen LogP contribution in [0.1, 0.15) is 22.3 Å². The van der Waals surface area contributed by atoms with E-state index in [0.717, 1.165) is 11.3 Å². The van der Waals surface area contributed by atoms with Gasteiger partial charge >= 0.3 is 0 Å². The third-order valence-electron chi connectivity index (χ3n) is 6.27. The maximum atomic E-state index is 13.5. The third kappa shape index (κ3) is 4.29. The number of aromatic nitrogens is 2. The van der Waals surface area contributed by atoms with E-state index in [9.17, 15) is 19.5 Å². The molecule has 5 rings (SSSR count). The van der Waals surface area contributed by atoms with E-state index in [1.165, 1.54) is 17.0 Å². The smallest absolute Gasteiger partial charge is 0.251 e. The monoisotopic (exact) mass is 460 g/mol. The number of aromatic hydroxyl groups is 1. The number of hydrogen-bond donors (Lipinski definition) is 2. The first-order valence-corrected chi connectivity index (χ1v) is 11.1. The van der Waals surface area contributed by atoms with Crippen molar-refractivity contribution in [1.82, 2.24) is 20.0 Å². The molecule has 34 heavy (non-hydrogen) atoms. The summed E-state index contributed by atoms with van der Waals surface area (Å²) in [6, 6.07) is 13.7. The van der Waals surface area contributed by atoms with Crippen LogP contribution in [0, 0.1) is 0 Å². The Balaban J connectivity index is 1.36. The average molecular weight is 460 g/mol. The molecule has 2 saturated heterocycles. The minimum atomic E-state index is -0.880. The van der Waals surface area contributed by atoms with Gasteiger partial charge in [0, 0.05) is 30.9 Å². The number of phenols is 1. The molecule has 9 heteroatoms. The van der Waals surface area contributed by atoms with E-state index in [1.807, 2.05) is 6.07 Å². The number of rotatable bonds is 6. The number of benzene rings is 2. The summed E-state index contributed by atoms with van der Waals surface area (Å²) >= 11 is 0. The molecule has 0 spiro atoms. The number of ketones is 1. The van der Waals surface area contributed by atoms with Gasteiger partial charge in [-0.15, -0.1) is 0 Å². The van der Waals surface area contributed by atoms with Crippen LogP contribution < -0.4 is 5.32 Å². The van der Waals surface area contributed by atoms with Crippen LogP contribution in [-0.2, 0) is 20.7 Å². The Morgan fingerprint density at radius 2 is 1.91 bits per heavy atom. The lowest BCUT2D eigenvalue weighted by atomic mass is 10.0. The molecule has 0 radical (unpaired) electrons. The van der Waals surface area contributed by atoms with Crippen molar-refractivity contribution in [3.8, 4) is 11.4 Å². The number of fused-ring (bicyclic) bond motifs is 1. The number of ether oxygens (including phenoxy) is 1. The molecule has 0 bridgehead atoms. The molecule has 3 atom stereocenters. The quantitative estimate of drug-likeness (QED) is 0.576. The van der Waals surface area contributed by atoms with Crippen LogP contribution in [0.5, 0.6) is 5.75 Å². The Morgan fingerprint density at radius 1 is 1.15 bits per heavy atom. The number of Topliss-reactive ketones (excluding diaryl/α,β-unsaturated/α-hetero) is 1. The van der Waals surface area contributed by atoms with Gasteiger partial charge in [0.05, 0.1) is 11.8 Å². The molecule has 3 heterocycles. The predicted octanol–water partition coefficient (Wildman–Crippen LogP) is 1.49. The van der Waals surface area contributed by atoms with Crippen LogP contribution in [0.25, 0.3) is 5.69 Å². The number of carbonyl (C=O) groups is 3. The van der Waals surface area contributed by atoms with Gasteiger partial charge in [0.1, 0.15) is 24.4 Å². The fourth-order valence-electron chi connectivity index (χ4n) is 4.54. The fraction of sp³-hybridized carbons (Fsp3) is 0.280. The molecule has 174 valence electrons. The van der Waals surface area contributed by atoms with E-state index in [0.29, 0.717) is 18.5 Å². The van der Waals surface area contributed by atoms with Crippen molar-refractivity contribution >= 4 is 17.6 Å². The summed E-state index contributed by atoms with van der Waals surface area (Å²) in [5.74, 6) is -0.710. The highest BCUT2D eigenvalue weighted by Gasteiger charge is 2.48. The number of phenolic OH excluding ortho intramolecular Hbond substituents is 1. The lowest BCUT2D eigenvalue weighted by Crippen LogP contribution is -2.53. The number of amides is 2. The molecule has 2 amide bonds. The van der Waals surface area contributed by atoms with E-state index in [2.05, 4.69) is 10.4 Å². The van der Waals surface area contributed by atoms with Crippen LogP contribution in [-0.4, -0.2) is 68.7 Å². The topological polar surface area (TPSA) is 114 Å². The summed E-state index contributed by atoms with van der Waals surface area (Å²) in [7, 11) is 0. The molecule has 9 nitrogen and oxygen atoms in total. The number of hydrogen-bond acceptors (Lipinski definition) is 6. The summed E-state index contributed by atoms with van der Waals surface area (Å²) in [5.41, 5.74) is 1.98. The van der Waals surface area contributed by atoms with Crippen LogP contribution in [0.4, 0.5) is 0 Å². The van der Waals surface area contributed by atoms with Gasteiger partial charge in [-0.2, -0.15) is 5.10 Å². The molecule has 3 unspecified atom stereocenters. The second-order valence-corrected chi connectivity index (χ2v) is 8.48. The number of nitrogens with zero attached hydrogens (tertiary/aromatic N) is 3. The molecule has 3 aromatic rings. The maximum absolute atomic E-state index is 13.5. The first-order valence-electron chi connectivity index (χ1n) is 11.1. The lowest BCUT2D eigenvalue weighted by molar-refractivity contribution is -0.138. The lowest BCUT2D eigenvalue weighted by Gasteiger charge is -2.27. The van der Waals surface area contributed by atoms with E-state index in [-0.39, 0.29) is 36.6 Å². The highest BCUT2D eigenvalue weighted by molar-refractivity contribution is 5.99. The predicted molar refractivity (Wildman–Crippen MR) is 121 cm³/mol. The minimum absolute atomic E-state index is 0.0106. The number of likely N-dealkylation sites (tertiary alicyclic amines) is 1. The molecule has 2 N–H and O–H groups in total. The van der Waals surface area contributed by atoms with Gasteiger partial charge in [-0.05, 0) is 54.4 Å². The third-order valence-corrected chi connectivity index (χ3v) is 6.27. The standard InChI is InChI=1S/C25H24N4O5/c30-19-8-2-16(3-9-19)14-20(25(33)28-13-10-22-23(28)21(31)15-34-22)27-24(32)17-4-6-18(7-5-17)29-12-1-11-26-29/h1-9,11-12,20,22-23,30H,10,13-15H2,(H,27,32). The van der Waals surface area contributed by atoms with Crippen molar-refractivity contribution in [2.45, 2.75) is 31.0 Å². The second kappa shape index (κ2) is 9.11. The Kier molecular flexibility index (Phi) is 5.85. The van der Waals surface area contributed by atoms with Crippen molar-refractivity contribution in [2.75, 3.05) is 13.2 Å². The zero-order valence-corrected chi connectivity index (χ0v) is 18.3. The van der Waals surface area contributed by atoms with Crippen LogP contribution in [0.15, 0.2) is 67.0 Å². The summed E-state index contributed by atoms with van der Waals surface area (Å²) < 4.78 is 7.19.